The van der Waals surface area contributed by atoms with Gasteiger partial charge in [0.25, 0.3) is 0 Å². The van der Waals surface area contributed by atoms with Gasteiger partial charge < -0.3 is 10.5 Å². The maximum absolute atomic E-state index is 5.57. The molecule has 1 aromatic heterocycles. The van der Waals surface area contributed by atoms with E-state index in [-0.39, 0.29) is 5.95 Å². The number of hydrogen-bond acceptors (Lipinski definition) is 4. The van der Waals surface area contributed by atoms with Crippen molar-refractivity contribution in [3.63, 3.8) is 0 Å². The summed E-state index contributed by atoms with van der Waals surface area (Å²) in [5, 5.41) is 0. The van der Waals surface area contributed by atoms with Crippen molar-refractivity contribution in [2.45, 2.75) is 6.92 Å². The average Bonchev–Trinajstić information content (AvgIpc) is 2.22. The van der Waals surface area contributed by atoms with E-state index in [1.165, 1.54) is 0 Å². The fourth-order valence-corrected chi connectivity index (χ4v) is 1.79. The minimum absolute atomic E-state index is 0.195. The highest BCUT2D eigenvalue weighted by Crippen LogP contribution is 2.29. The molecule has 0 fully saturated rings. The largest absolute Gasteiger partial charge is 0.438 e. The van der Waals surface area contributed by atoms with Crippen LogP contribution in [0.15, 0.2) is 34.9 Å². The van der Waals surface area contributed by atoms with Crippen molar-refractivity contribution >= 4 is 21.9 Å². The molecule has 0 saturated heterocycles. The fourth-order valence-electron chi connectivity index (χ4n) is 1.21. The number of ether oxygens (including phenoxy) is 1. The number of rotatable bonds is 2. The number of aryl methyl sites for hydroxylation is 1. The summed E-state index contributed by atoms with van der Waals surface area (Å²) in [4.78, 5) is 7.75. The molecule has 0 bridgehead atoms. The number of benzene rings is 1. The SMILES string of the molecule is Cc1ccc(Oc2ccnc(N)n2)c(Br)c1. The van der Waals surface area contributed by atoms with E-state index in [0.717, 1.165) is 10.0 Å². The Kier molecular flexibility index (Phi) is 3.05. The van der Waals surface area contributed by atoms with Crippen LogP contribution in [0.25, 0.3) is 0 Å². The first-order chi connectivity index (χ1) is 7.65. The van der Waals surface area contributed by atoms with Crippen LogP contribution in [-0.2, 0) is 0 Å². The van der Waals surface area contributed by atoms with E-state index in [2.05, 4.69) is 25.9 Å². The normalized spacial score (nSPS) is 10.1. The highest BCUT2D eigenvalue weighted by molar-refractivity contribution is 9.10. The van der Waals surface area contributed by atoms with Gasteiger partial charge in [0.05, 0.1) is 4.47 Å². The monoisotopic (exact) mass is 279 g/mol. The number of hydrogen-bond donors (Lipinski definition) is 1. The van der Waals surface area contributed by atoms with E-state index in [4.69, 9.17) is 10.5 Å². The summed E-state index contributed by atoms with van der Waals surface area (Å²) in [6.07, 6.45) is 1.56. The molecular weight excluding hydrogens is 270 g/mol. The third-order valence-corrected chi connectivity index (χ3v) is 2.57. The molecule has 0 aliphatic heterocycles. The Hall–Kier alpha value is -1.62. The second kappa shape index (κ2) is 4.49. The molecule has 16 heavy (non-hydrogen) atoms. The molecule has 0 amide bonds. The Labute approximate surface area is 102 Å². The Balaban J connectivity index is 2.27. The number of nitrogens with zero attached hydrogens (tertiary/aromatic N) is 2. The van der Waals surface area contributed by atoms with Crippen molar-refractivity contribution < 1.29 is 4.74 Å². The second-order valence-corrected chi connectivity index (χ2v) is 4.14. The summed E-state index contributed by atoms with van der Waals surface area (Å²) < 4.78 is 6.45. The van der Waals surface area contributed by atoms with Gasteiger partial charge >= 0.3 is 0 Å². The maximum Gasteiger partial charge on any atom is 0.224 e. The Morgan fingerprint density at radius 2 is 2.12 bits per heavy atom. The highest BCUT2D eigenvalue weighted by Gasteiger charge is 2.04. The van der Waals surface area contributed by atoms with Crippen LogP contribution in [0.2, 0.25) is 0 Å². The summed E-state index contributed by atoms with van der Waals surface area (Å²) in [6.45, 7) is 2.01. The van der Waals surface area contributed by atoms with E-state index in [9.17, 15) is 0 Å². The van der Waals surface area contributed by atoms with Crippen molar-refractivity contribution in [1.82, 2.24) is 9.97 Å². The van der Waals surface area contributed by atoms with Gasteiger partial charge in [-0.25, -0.2) is 4.98 Å². The molecule has 4 nitrogen and oxygen atoms in total. The number of nitrogens with two attached hydrogens (primary N) is 1. The molecular formula is C11H10BrN3O. The zero-order valence-corrected chi connectivity index (χ0v) is 10.2. The molecule has 1 aromatic carbocycles. The van der Waals surface area contributed by atoms with Crippen LogP contribution in [0.5, 0.6) is 11.6 Å². The van der Waals surface area contributed by atoms with Gasteiger partial charge in [0.15, 0.2) is 0 Å². The standard InChI is InChI=1S/C11H10BrN3O/c1-7-2-3-9(8(12)6-7)16-10-4-5-14-11(13)15-10/h2-6H,1H3,(H2,13,14,15). The van der Waals surface area contributed by atoms with E-state index in [1.54, 1.807) is 12.3 Å². The van der Waals surface area contributed by atoms with Crippen LogP contribution >= 0.6 is 15.9 Å². The van der Waals surface area contributed by atoms with Crippen molar-refractivity contribution in [2.24, 2.45) is 0 Å². The van der Waals surface area contributed by atoms with E-state index in [1.807, 2.05) is 25.1 Å². The third-order valence-electron chi connectivity index (χ3n) is 1.95. The lowest BCUT2D eigenvalue weighted by atomic mass is 10.2. The molecule has 5 heteroatoms. The quantitative estimate of drug-likeness (QED) is 0.918. The molecule has 0 radical (unpaired) electrons. The summed E-state index contributed by atoms with van der Waals surface area (Å²) in [7, 11) is 0. The summed E-state index contributed by atoms with van der Waals surface area (Å²) in [5.41, 5.74) is 6.61. The molecule has 0 unspecified atom stereocenters. The zero-order valence-electron chi connectivity index (χ0n) is 8.64. The van der Waals surface area contributed by atoms with Crippen LogP contribution in [0.3, 0.4) is 0 Å². The molecule has 0 aliphatic carbocycles. The van der Waals surface area contributed by atoms with Gasteiger partial charge in [-0.1, -0.05) is 6.07 Å². The van der Waals surface area contributed by atoms with Crippen molar-refractivity contribution in [1.29, 1.82) is 0 Å². The lowest BCUT2D eigenvalue weighted by molar-refractivity contribution is 0.459. The van der Waals surface area contributed by atoms with Crippen LogP contribution in [0.4, 0.5) is 5.95 Å². The number of halogens is 1. The van der Waals surface area contributed by atoms with Gasteiger partial charge in [-0.05, 0) is 40.5 Å². The predicted octanol–water partition coefficient (Wildman–Crippen LogP) is 2.92. The molecule has 1 heterocycles. The van der Waals surface area contributed by atoms with Gasteiger partial charge in [0.2, 0.25) is 11.8 Å². The maximum atomic E-state index is 5.57. The van der Waals surface area contributed by atoms with Crippen LogP contribution in [0, 0.1) is 6.92 Å². The molecule has 82 valence electrons. The number of nitrogen functional groups attached to an aromatic ring is 1. The Bertz CT molecular complexity index is 516. The van der Waals surface area contributed by atoms with E-state index >= 15 is 0 Å². The minimum Gasteiger partial charge on any atom is -0.438 e. The molecule has 0 atom stereocenters. The topological polar surface area (TPSA) is 61.0 Å². The molecule has 0 saturated carbocycles. The van der Waals surface area contributed by atoms with Crippen molar-refractivity contribution in [2.75, 3.05) is 5.73 Å². The van der Waals surface area contributed by atoms with Crippen LogP contribution in [0.1, 0.15) is 5.56 Å². The van der Waals surface area contributed by atoms with Gasteiger partial charge in [0.1, 0.15) is 5.75 Å². The molecule has 0 spiro atoms. The van der Waals surface area contributed by atoms with Gasteiger partial charge in [-0.2, -0.15) is 4.98 Å². The molecule has 0 aliphatic rings. The van der Waals surface area contributed by atoms with Gasteiger partial charge in [0, 0.05) is 12.3 Å². The van der Waals surface area contributed by atoms with E-state index < -0.39 is 0 Å². The minimum atomic E-state index is 0.195. The fraction of sp³-hybridized carbons (Fsp3) is 0.0909. The summed E-state index contributed by atoms with van der Waals surface area (Å²) in [5.74, 6) is 1.32. The summed E-state index contributed by atoms with van der Waals surface area (Å²) >= 11 is 3.42. The first-order valence-corrected chi connectivity index (χ1v) is 5.47. The van der Waals surface area contributed by atoms with Crippen molar-refractivity contribution in [3.05, 3.63) is 40.5 Å². The van der Waals surface area contributed by atoms with Crippen molar-refractivity contribution in [3.8, 4) is 11.6 Å². The first kappa shape index (κ1) is 10.9. The first-order valence-electron chi connectivity index (χ1n) is 4.67. The predicted molar refractivity (Wildman–Crippen MR) is 65.4 cm³/mol. The Morgan fingerprint density at radius 1 is 1.31 bits per heavy atom. The lowest BCUT2D eigenvalue weighted by Crippen LogP contribution is -1.96. The van der Waals surface area contributed by atoms with Crippen LogP contribution in [-0.4, -0.2) is 9.97 Å². The summed E-state index contributed by atoms with van der Waals surface area (Å²) in [6, 6.07) is 7.46. The molecule has 2 rings (SSSR count). The molecule has 2 N–H and O–H groups in total. The second-order valence-electron chi connectivity index (χ2n) is 3.29. The van der Waals surface area contributed by atoms with Crippen LogP contribution < -0.4 is 10.5 Å². The van der Waals surface area contributed by atoms with Gasteiger partial charge in [-0.15, -0.1) is 0 Å². The average molecular weight is 280 g/mol. The number of aromatic nitrogens is 2. The Morgan fingerprint density at radius 3 is 2.81 bits per heavy atom. The van der Waals surface area contributed by atoms with Gasteiger partial charge in [-0.3, -0.25) is 0 Å². The smallest absolute Gasteiger partial charge is 0.224 e. The third kappa shape index (κ3) is 2.49. The molecule has 2 aromatic rings. The number of anilines is 1. The zero-order chi connectivity index (χ0) is 11.5. The lowest BCUT2D eigenvalue weighted by Gasteiger charge is -2.07. The highest BCUT2D eigenvalue weighted by atomic mass is 79.9. The van der Waals surface area contributed by atoms with E-state index in [0.29, 0.717) is 11.6 Å².